The van der Waals surface area contributed by atoms with Gasteiger partial charge < -0.3 is 9.47 Å². The number of benzene rings is 1. The number of ether oxygens (including phenoxy) is 2. The van der Waals surface area contributed by atoms with Crippen LogP contribution in [-0.4, -0.2) is 30.8 Å². The fourth-order valence-corrected chi connectivity index (χ4v) is 2.61. The normalized spacial score (nSPS) is 11.3. The van der Waals surface area contributed by atoms with E-state index < -0.39 is 12.1 Å². The summed E-state index contributed by atoms with van der Waals surface area (Å²) in [5, 5.41) is 3.57. The fraction of sp³-hybridized carbons (Fsp3) is 0.421. The molecule has 0 aliphatic carbocycles. The lowest BCUT2D eigenvalue weighted by Crippen LogP contribution is -2.17. The quantitative estimate of drug-likeness (QED) is 0.845. The molecule has 2 rings (SSSR count). The van der Waals surface area contributed by atoms with Crippen LogP contribution in [0.5, 0.6) is 0 Å². The highest BCUT2D eigenvalue weighted by molar-refractivity contribution is 5.97. The number of esters is 1. The molecule has 0 saturated carbocycles. The summed E-state index contributed by atoms with van der Waals surface area (Å²) < 4.78 is 9.75. The van der Waals surface area contributed by atoms with Crippen molar-refractivity contribution in [3.8, 4) is 0 Å². The van der Waals surface area contributed by atoms with E-state index in [4.69, 9.17) is 4.74 Å². The second kappa shape index (κ2) is 7.09. The molecule has 0 radical (unpaired) electrons. The van der Waals surface area contributed by atoms with Crippen molar-refractivity contribution in [2.75, 3.05) is 19.0 Å². The molecule has 0 unspecified atom stereocenters. The van der Waals surface area contributed by atoms with Crippen LogP contribution in [0.15, 0.2) is 18.2 Å². The predicted octanol–water partition coefficient (Wildman–Crippen LogP) is 4.20. The zero-order valence-electron chi connectivity index (χ0n) is 15.5. The molecule has 0 atom stereocenters. The van der Waals surface area contributed by atoms with Gasteiger partial charge in [-0.25, -0.2) is 14.6 Å². The number of carbonyl (C=O) groups excluding carboxylic acids is 2. The van der Waals surface area contributed by atoms with E-state index in [1.807, 2.05) is 19.1 Å². The minimum Gasteiger partial charge on any atom is -0.461 e. The average Bonchev–Trinajstić information content (AvgIpc) is 2.53. The van der Waals surface area contributed by atoms with Gasteiger partial charge in [-0.1, -0.05) is 20.8 Å². The second-order valence-electron chi connectivity index (χ2n) is 6.83. The molecule has 25 heavy (non-hydrogen) atoms. The zero-order chi connectivity index (χ0) is 18.8. The number of rotatable bonds is 3. The number of anilines is 1. The van der Waals surface area contributed by atoms with Crippen LogP contribution in [-0.2, 0) is 14.9 Å². The first-order chi connectivity index (χ1) is 11.7. The molecule has 0 spiro atoms. The monoisotopic (exact) mass is 344 g/mol. The average molecular weight is 344 g/mol. The maximum absolute atomic E-state index is 12.1. The Morgan fingerprint density at radius 2 is 1.88 bits per heavy atom. The molecule has 6 nitrogen and oxygen atoms in total. The zero-order valence-corrected chi connectivity index (χ0v) is 15.5. The number of nitrogens with zero attached hydrogens (tertiary/aromatic N) is 1. The van der Waals surface area contributed by atoms with Crippen molar-refractivity contribution >= 4 is 28.7 Å². The minimum atomic E-state index is -0.534. The van der Waals surface area contributed by atoms with Crippen molar-refractivity contribution in [2.45, 2.75) is 40.0 Å². The van der Waals surface area contributed by atoms with Gasteiger partial charge >= 0.3 is 12.1 Å². The van der Waals surface area contributed by atoms with E-state index in [0.717, 1.165) is 22.0 Å². The molecule has 0 fully saturated rings. The summed E-state index contributed by atoms with van der Waals surface area (Å²) >= 11 is 0. The molecule has 1 amide bonds. The van der Waals surface area contributed by atoms with Gasteiger partial charge in [0, 0.05) is 11.1 Å². The first-order valence-corrected chi connectivity index (χ1v) is 8.15. The Kier molecular flexibility index (Phi) is 5.30. The van der Waals surface area contributed by atoms with Crippen molar-refractivity contribution in [2.24, 2.45) is 0 Å². The van der Waals surface area contributed by atoms with Crippen LogP contribution in [0.25, 0.3) is 10.9 Å². The third-order valence-electron chi connectivity index (χ3n) is 3.84. The van der Waals surface area contributed by atoms with Gasteiger partial charge in [-0.3, -0.25) is 5.32 Å². The van der Waals surface area contributed by atoms with E-state index in [2.05, 4.69) is 35.8 Å². The maximum atomic E-state index is 12.1. The van der Waals surface area contributed by atoms with Gasteiger partial charge in [0.2, 0.25) is 0 Å². The third kappa shape index (κ3) is 4.07. The highest BCUT2D eigenvalue weighted by Gasteiger charge is 2.22. The molecule has 0 saturated heterocycles. The first-order valence-electron chi connectivity index (χ1n) is 8.15. The van der Waals surface area contributed by atoms with E-state index in [1.165, 1.54) is 7.11 Å². The molecule has 1 aromatic heterocycles. The van der Waals surface area contributed by atoms with Gasteiger partial charge in [-0.15, -0.1) is 0 Å². The fourth-order valence-electron chi connectivity index (χ4n) is 2.61. The lowest BCUT2D eigenvalue weighted by molar-refractivity contribution is 0.0520. The first kappa shape index (κ1) is 18.7. The number of methoxy groups -OCH3 is 1. The molecular formula is C19H24N2O4. The summed E-state index contributed by atoms with van der Waals surface area (Å²) in [4.78, 5) is 28.2. The van der Waals surface area contributed by atoms with Crippen molar-refractivity contribution in [1.29, 1.82) is 0 Å². The standard InChI is InChI=1S/C19H24N2O4/c1-7-25-17(22)15-8-11(2)13-9-12(20-18(23)24-6)10-14(16(13)21-15)19(3,4)5/h8-10H,7H2,1-6H3,(H,20,23). The lowest BCUT2D eigenvalue weighted by Gasteiger charge is -2.23. The number of aromatic nitrogens is 1. The van der Waals surface area contributed by atoms with Crippen LogP contribution in [0.3, 0.4) is 0 Å². The van der Waals surface area contributed by atoms with Crippen molar-refractivity contribution in [3.63, 3.8) is 0 Å². The number of amides is 1. The molecule has 6 heteroatoms. The second-order valence-corrected chi connectivity index (χ2v) is 6.83. The summed E-state index contributed by atoms with van der Waals surface area (Å²) in [5.41, 5.74) is 3.20. The Balaban J connectivity index is 2.71. The van der Waals surface area contributed by atoms with E-state index in [1.54, 1.807) is 13.0 Å². The van der Waals surface area contributed by atoms with Gasteiger partial charge in [0.15, 0.2) is 0 Å². The summed E-state index contributed by atoms with van der Waals surface area (Å²) in [6, 6.07) is 5.40. The smallest absolute Gasteiger partial charge is 0.411 e. The Morgan fingerprint density at radius 3 is 2.44 bits per heavy atom. The molecule has 1 heterocycles. The topological polar surface area (TPSA) is 77.5 Å². The van der Waals surface area contributed by atoms with Crippen LogP contribution >= 0.6 is 0 Å². The number of hydrogen-bond acceptors (Lipinski definition) is 5. The molecule has 2 aromatic rings. The molecular weight excluding hydrogens is 320 g/mol. The summed E-state index contributed by atoms with van der Waals surface area (Å²) in [6.07, 6.45) is -0.534. The maximum Gasteiger partial charge on any atom is 0.411 e. The summed E-state index contributed by atoms with van der Waals surface area (Å²) in [7, 11) is 1.32. The molecule has 0 aliphatic heterocycles. The van der Waals surface area contributed by atoms with E-state index >= 15 is 0 Å². The van der Waals surface area contributed by atoms with Gasteiger partial charge in [0.25, 0.3) is 0 Å². The van der Waals surface area contributed by atoms with Gasteiger partial charge in [-0.05, 0) is 48.6 Å². The Morgan fingerprint density at radius 1 is 1.20 bits per heavy atom. The van der Waals surface area contributed by atoms with Crippen LogP contribution < -0.4 is 5.32 Å². The predicted molar refractivity (Wildman–Crippen MR) is 97.2 cm³/mol. The molecule has 0 bridgehead atoms. The largest absolute Gasteiger partial charge is 0.461 e. The van der Waals surface area contributed by atoms with Gasteiger partial charge in [-0.2, -0.15) is 0 Å². The molecule has 134 valence electrons. The SMILES string of the molecule is CCOC(=O)c1cc(C)c2cc(NC(=O)OC)cc(C(C)(C)C)c2n1. The van der Waals surface area contributed by atoms with Crippen LogP contribution in [0, 0.1) is 6.92 Å². The highest BCUT2D eigenvalue weighted by Crippen LogP contribution is 2.34. The molecule has 1 aromatic carbocycles. The summed E-state index contributed by atoms with van der Waals surface area (Å²) in [6.45, 7) is 10.1. The van der Waals surface area contributed by atoms with Gasteiger partial charge in [0.1, 0.15) is 5.69 Å². The number of aryl methyl sites for hydroxylation is 1. The Bertz CT molecular complexity index is 822. The van der Waals surface area contributed by atoms with E-state index in [9.17, 15) is 9.59 Å². The number of nitrogens with one attached hydrogen (secondary N) is 1. The van der Waals surface area contributed by atoms with Crippen LogP contribution in [0.2, 0.25) is 0 Å². The number of hydrogen-bond donors (Lipinski definition) is 1. The van der Waals surface area contributed by atoms with E-state index in [0.29, 0.717) is 12.3 Å². The number of pyridine rings is 1. The minimum absolute atomic E-state index is 0.237. The number of carbonyl (C=O) groups is 2. The molecule has 1 N–H and O–H groups in total. The Hall–Kier alpha value is -2.63. The lowest BCUT2D eigenvalue weighted by atomic mass is 9.84. The highest BCUT2D eigenvalue weighted by atomic mass is 16.5. The van der Waals surface area contributed by atoms with Gasteiger partial charge in [0.05, 0.1) is 19.2 Å². The van der Waals surface area contributed by atoms with Crippen LogP contribution in [0.4, 0.5) is 10.5 Å². The Labute approximate surface area is 147 Å². The number of fused-ring (bicyclic) bond motifs is 1. The van der Waals surface area contributed by atoms with Crippen molar-refractivity contribution in [1.82, 2.24) is 4.98 Å². The van der Waals surface area contributed by atoms with Crippen molar-refractivity contribution in [3.05, 3.63) is 35.0 Å². The van der Waals surface area contributed by atoms with Crippen LogP contribution in [0.1, 0.15) is 49.3 Å². The molecule has 0 aliphatic rings. The third-order valence-corrected chi connectivity index (χ3v) is 3.84. The summed E-state index contributed by atoms with van der Waals surface area (Å²) in [5.74, 6) is -0.441. The van der Waals surface area contributed by atoms with Crippen molar-refractivity contribution < 1.29 is 19.1 Å². The van der Waals surface area contributed by atoms with E-state index in [-0.39, 0.29) is 11.1 Å².